The van der Waals surface area contributed by atoms with Crippen molar-refractivity contribution < 1.29 is 4.79 Å². The number of benzene rings is 1. The minimum atomic E-state index is -0.219. The number of nitrogens with one attached hydrogen (secondary N) is 1. The zero-order valence-electron chi connectivity index (χ0n) is 14.3. The monoisotopic (exact) mass is 324 g/mol. The summed E-state index contributed by atoms with van der Waals surface area (Å²) in [5.41, 5.74) is 3.71. The molecule has 4 nitrogen and oxygen atoms in total. The molecule has 1 aromatic heterocycles. The summed E-state index contributed by atoms with van der Waals surface area (Å²) in [6.07, 6.45) is 3.76. The number of carbonyl (C=O) groups excluding carboxylic acids is 1. The molecule has 4 heteroatoms. The Kier molecular flexibility index (Phi) is 4.84. The molecule has 2 aromatic rings. The Labute approximate surface area is 142 Å². The van der Waals surface area contributed by atoms with Gasteiger partial charge in [-0.15, -0.1) is 0 Å². The van der Waals surface area contributed by atoms with Gasteiger partial charge in [0.1, 0.15) is 5.69 Å². The van der Waals surface area contributed by atoms with Crippen LogP contribution in [-0.2, 0) is 12.8 Å². The average Bonchev–Trinajstić information content (AvgIpc) is 2.58. The summed E-state index contributed by atoms with van der Waals surface area (Å²) in [5.74, 6) is -0.0676. The Bertz CT molecular complexity index is 794. The zero-order valence-corrected chi connectivity index (χ0v) is 14.3. The summed E-state index contributed by atoms with van der Waals surface area (Å²) >= 11 is 0. The molecule has 1 atom stereocenters. The van der Waals surface area contributed by atoms with Crippen molar-refractivity contribution in [2.24, 2.45) is 0 Å². The van der Waals surface area contributed by atoms with Crippen LogP contribution in [0.4, 0.5) is 0 Å². The van der Waals surface area contributed by atoms with Crippen LogP contribution in [-0.4, -0.2) is 28.4 Å². The number of nitrogens with zero attached hydrogens (tertiary/aromatic N) is 1. The van der Waals surface area contributed by atoms with Crippen LogP contribution < -0.4 is 5.56 Å². The number of aryl methyl sites for hydroxylation is 2. The van der Waals surface area contributed by atoms with Gasteiger partial charge in [-0.2, -0.15) is 0 Å². The van der Waals surface area contributed by atoms with Crippen molar-refractivity contribution in [1.82, 2.24) is 9.88 Å². The normalized spacial score (nSPS) is 16.5. The first-order chi connectivity index (χ1) is 11.6. The molecule has 1 amide bonds. The number of amides is 1. The first kappa shape index (κ1) is 16.5. The summed E-state index contributed by atoms with van der Waals surface area (Å²) in [6.45, 7) is 4.63. The third-order valence-corrected chi connectivity index (χ3v) is 4.71. The van der Waals surface area contributed by atoms with E-state index in [1.807, 2.05) is 11.8 Å². The van der Waals surface area contributed by atoms with Crippen molar-refractivity contribution in [3.8, 4) is 0 Å². The van der Waals surface area contributed by atoms with Gasteiger partial charge in [0.15, 0.2) is 0 Å². The van der Waals surface area contributed by atoms with Crippen molar-refractivity contribution in [2.75, 3.05) is 6.54 Å². The Morgan fingerprint density at radius 2 is 2.00 bits per heavy atom. The molecule has 0 radical (unpaired) electrons. The van der Waals surface area contributed by atoms with Gasteiger partial charge in [0, 0.05) is 18.7 Å². The third kappa shape index (κ3) is 3.42. The first-order valence-corrected chi connectivity index (χ1v) is 8.67. The molecule has 0 spiro atoms. The summed E-state index contributed by atoms with van der Waals surface area (Å²) in [5, 5.41) is 0. The van der Waals surface area contributed by atoms with Gasteiger partial charge in [0.2, 0.25) is 5.56 Å². The molecule has 1 unspecified atom stereocenters. The van der Waals surface area contributed by atoms with E-state index in [0.29, 0.717) is 12.2 Å². The highest BCUT2D eigenvalue weighted by Crippen LogP contribution is 2.25. The standard InChI is InChI=1S/C20H24N2O2/c1-3-10-22(20(24)18-11-14(2)12-19(23)21-18)17-9-8-15-6-4-5-7-16(15)13-17/h4-7,11-12,17H,3,8-10,13H2,1-2H3,(H,21,23). The number of pyridine rings is 1. The van der Waals surface area contributed by atoms with E-state index < -0.39 is 0 Å². The van der Waals surface area contributed by atoms with Gasteiger partial charge in [-0.1, -0.05) is 31.2 Å². The molecule has 0 saturated heterocycles. The molecule has 3 rings (SSSR count). The van der Waals surface area contributed by atoms with Crippen LogP contribution in [0.5, 0.6) is 0 Å². The van der Waals surface area contributed by atoms with Crippen molar-refractivity contribution in [3.63, 3.8) is 0 Å². The number of rotatable bonds is 4. The van der Waals surface area contributed by atoms with Crippen LogP contribution in [0.15, 0.2) is 41.2 Å². The number of carbonyl (C=O) groups is 1. The van der Waals surface area contributed by atoms with Crippen LogP contribution >= 0.6 is 0 Å². The molecule has 1 aromatic carbocycles. The molecule has 0 bridgehead atoms. The molecule has 24 heavy (non-hydrogen) atoms. The number of fused-ring (bicyclic) bond motifs is 1. The SMILES string of the molecule is CCCN(C(=O)c1cc(C)cc(=O)[nH]1)C1CCc2ccccc2C1. The van der Waals surface area contributed by atoms with Crippen molar-refractivity contribution in [3.05, 3.63) is 69.1 Å². The molecule has 1 aliphatic rings. The van der Waals surface area contributed by atoms with Crippen molar-refractivity contribution in [1.29, 1.82) is 0 Å². The number of H-pyrrole nitrogens is 1. The molecule has 126 valence electrons. The predicted octanol–water partition coefficient (Wildman–Crippen LogP) is 3.09. The maximum absolute atomic E-state index is 13.0. The van der Waals surface area contributed by atoms with Crippen LogP contribution in [0.25, 0.3) is 0 Å². The average molecular weight is 324 g/mol. The summed E-state index contributed by atoms with van der Waals surface area (Å²) in [7, 11) is 0. The lowest BCUT2D eigenvalue weighted by Gasteiger charge is -2.35. The van der Waals surface area contributed by atoms with E-state index in [9.17, 15) is 9.59 Å². The number of aromatic nitrogens is 1. The van der Waals surface area contributed by atoms with Crippen LogP contribution in [0, 0.1) is 6.92 Å². The minimum Gasteiger partial charge on any atom is -0.334 e. The highest BCUT2D eigenvalue weighted by Gasteiger charge is 2.28. The number of aromatic amines is 1. The van der Waals surface area contributed by atoms with E-state index in [1.54, 1.807) is 6.07 Å². The minimum absolute atomic E-state index is 0.0676. The Balaban J connectivity index is 1.87. The van der Waals surface area contributed by atoms with Gasteiger partial charge in [0.05, 0.1) is 0 Å². The van der Waals surface area contributed by atoms with E-state index in [1.165, 1.54) is 17.2 Å². The second-order valence-corrected chi connectivity index (χ2v) is 6.60. The smallest absolute Gasteiger partial charge is 0.270 e. The zero-order chi connectivity index (χ0) is 17.1. The second-order valence-electron chi connectivity index (χ2n) is 6.60. The Hall–Kier alpha value is -2.36. The molecule has 0 saturated carbocycles. The molecular weight excluding hydrogens is 300 g/mol. The van der Waals surface area contributed by atoms with Gasteiger partial charge >= 0.3 is 0 Å². The van der Waals surface area contributed by atoms with E-state index in [0.717, 1.165) is 31.2 Å². The van der Waals surface area contributed by atoms with Gasteiger partial charge in [-0.05, 0) is 55.4 Å². The quantitative estimate of drug-likeness (QED) is 0.939. The van der Waals surface area contributed by atoms with Crippen molar-refractivity contribution in [2.45, 2.75) is 45.6 Å². The summed E-state index contributed by atoms with van der Waals surface area (Å²) < 4.78 is 0. The maximum atomic E-state index is 13.0. The lowest BCUT2D eigenvalue weighted by atomic mass is 9.87. The van der Waals surface area contributed by atoms with Gasteiger partial charge in [-0.25, -0.2) is 0 Å². The van der Waals surface area contributed by atoms with Crippen LogP contribution in [0.1, 0.15) is 46.9 Å². The predicted molar refractivity (Wildman–Crippen MR) is 95.4 cm³/mol. The van der Waals surface area contributed by atoms with E-state index in [2.05, 4.69) is 36.2 Å². The Morgan fingerprint density at radius 3 is 2.71 bits per heavy atom. The van der Waals surface area contributed by atoms with Crippen LogP contribution in [0.3, 0.4) is 0 Å². The molecule has 1 heterocycles. The summed E-state index contributed by atoms with van der Waals surface area (Å²) in [6, 6.07) is 11.9. The second kappa shape index (κ2) is 7.04. The summed E-state index contributed by atoms with van der Waals surface area (Å²) in [4.78, 5) is 29.4. The molecule has 1 aliphatic carbocycles. The fourth-order valence-corrected chi connectivity index (χ4v) is 3.59. The molecule has 1 N–H and O–H groups in total. The molecular formula is C20H24N2O2. The topological polar surface area (TPSA) is 53.2 Å². The fourth-order valence-electron chi connectivity index (χ4n) is 3.59. The first-order valence-electron chi connectivity index (χ1n) is 8.67. The maximum Gasteiger partial charge on any atom is 0.270 e. The number of hydrogen-bond acceptors (Lipinski definition) is 2. The fraction of sp³-hybridized carbons (Fsp3) is 0.400. The van der Waals surface area contributed by atoms with E-state index in [4.69, 9.17) is 0 Å². The molecule has 0 aliphatic heterocycles. The lowest BCUT2D eigenvalue weighted by Crippen LogP contribution is -2.44. The lowest BCUT2D eigenvalue weighted by molar-refractivity contribution is 0.0655. The van der Waals surface area contributed by atoms with Gasteiger partial charge < -0.3 is 9.88 Å². The van der Waals surface area contributed by atoms with E-state index >= 15 is 0 Å². The number of hydrogen-bond donors (Lipinski definition) is 1. The largest absolute Gasteiger partial charge is 0.334 e. The van der Waals surface area contributed by atoms with Gasteiger partial charge in [-0.3, -0.25) is 9.59 Å². The van der Waals surface area contributed by atoms with Gasteiger partial charge in [0.25, 0.3) is 5.91 Å². The highest BCUT2D eigenvalue weighted by molar-refractivity contribution is 5.92. The van der Waals surface area contributed by atoms with Crippen molar-refractivity contribution >= 4 is 5.91 Å². The highest BCUT2D eigenvalue weighted by atomic mass is 16.2. The Morgan fingerprint density at radius 1 is 1.25 bits per heavy atom. The third-order valence-electron chi connectivity index (χ3n) is 4.71. The van der Waals surface area contributed by atoms with Crippen LogP contribution in [0.2, 0.25) is 0 Å². The van der Waals surface area contributed by atoms with E-state index in [-0.39, 0.29) is 17.5 Å². The molecule has 0 fully saturated rings.